The lowest BCUT2D eigenvalue weighted by Gasteiger charge is -1.96. The molecule has 0 aliphatic heterocycles. The first-order chi connectivity index (χ1) is 10.6. The molecule has 2 aromatic heterocycles. The fraction of sp³-hybridized carbons (Fsp3) is 0.250. The van der Waals surface area contributed by atoms with Crippen molar-refractivity contribution in [2.45, 2.75) is 6.92 Å². The Hall–Kier alpha value is -1.30. The molecule has 0 amide bonds. The molecular formula is C12H9N5S5. The van der Waals surface area contributed by atoms with Crippen molar-refractivity contribution in [2.24, 2.45) is 9.98 Å². The summed E-state index contributed by atoms with van der Waals surface area (Å²) in [6, 6.07) is 4.32. The Morgan fingerprint density at radius 2 is 2.00 bits per heavy atom. The second-order valence-corrected chi connectivity index (χ2v) is 8.93. The standard InChI is InChI=1S/C12H9N5S5/c1-6(18-3)7(4-13)10-16-12(22-21-10)17-11-8(5-14)9(15-2)19-20-11/h1-3H3/b7-6-,15-9?,17-12-. The van der Waals surface area contributed by atoms with Crippen LogP contribution < -0.4 is 9.47 Å². The van der Waals surface area contributed by atoms with Gasteiger partial charge >= 0.3 is 0 Å². The summed E-state index contributed by atoms with van der Waals surface area (Å²) in [4.78, 5) is 14.4. The van der Waals surface area contributed by atoms with Gasteiger partial charge < -0.3 is 0 Å². The van der Waals surface area contributed by atoms with Crippen molar-refractivity contribution in [1.82, 2.24) is 4.98 Å². The molecule has 0 radical (unpaired) electrons. The Bertz CT molecular complexity index is 924. The third-order valence-corrected chi connectivity index (χ3v) is 7.65. The molecule has 5 nitrogen and oxygen atoms in total. The van der Waals surface area contributed by atoms with Crippen LogP contribution in [-0.4, -0.2) is 18.3 Å². The molecular weight excluding hydrogens is 375 g/mol. The van der Waals surface area contributed by atoms with Crippen LogP contribution >= 0.6 is 53.1 Å². The van der Waals surface area contributed by atoms with Crippen molar-refractivity contribution in [2.75, 3.05) is 13.3 Å². The van der Waals surface area contributed by atoms with Crippen molar-refractivity contribution >= 4 is 63.7 Å². The molecule has 0 unspecified atom stereocenters. The van der Waals surface area contributed by atoms with Crippen LogP contribution in [0.1, 0.15) is 17.5 Å². The Kier molecular flexibility index (Phi) is 6.06. The van der Waals surface area contributed by atoms with Gasteiger partial charge in [0.15, 0.2) is 0 Å². The molecule has 0 atom stereocenters. The van der Waals surface area contributed by atoms with Crippen molar-refractivity contribution in [3.05, 3.63) is 24.9 Å². The third-order valence-electron chi connectivity index (χ3n) is 2.52. The van der Waals surface area contributed by atoms with Gasteiger partial charge in [-0.15, -0.1) is 11.8 Å². The molecule has 2 heterocycles. The molecule has 0 bridgehead atoms. The highest BCUT2D eigenvalue weighted by molar-refractivity contribution is 8.02. The summed E-state index contributed by atoms with van der Waals surface area (Å²) < 4.78 is 0.683. The van der Waals surface area contributed by atoms with Crippen LogP contribution in [0.4, 0.5) is 5.00 Å². The Morgan fingerprint density at radius 1 is 1.23 bits per heavy atom. The number of allylic oxidation sites excluding steroid dienone is 2. The zero-order valence-electron chi connectivity index (χ0n) is 11.8. The Morgan fingerprint density at radius 3 is 2.59 bits per heavy atom. The van der Waals surface area contributed by atoms with Gasteiger partial charge in [0.05, 0.1) is 5.57 Å². The summed E-state index contributed by atoms with van der Waals surface area (Å²) in [6.45, 7) is 1.90. The predicted molar refractivity (Wildman–Crippen MR) is 95.3 cm³/mol. The molecule has 0 saturated carbocycles. The van der Waals surface area contributed by atoms with Crippen LogP contribution in [0.2, 0.25) is 0 Å². The summed E-state index contributed by atoms with van der Waals surface area (Å²) in [5.74, 6) is 0. The third kappa shape index (κ3) is 3.54. The van der Waals surface area contributed by atoms with Gasteiger partial charge in [0.2, 0.25) is 4.80 Å². The molecule has 0 saturated heterocycles. The number of rotatable bonds is 3. The number of hydrogen-bond acceptors (Lipinski definition) is 10. The highest BCUT2D eigenvalue weighted by Crippen LogP contribution is 2.28. The first-order valence-corrected chi connectivity index (χ1v) is 11.3. The highest BCUT2D eigenvalue weighted by atomic mass is 32.9. The SMILES string of the molecule is CN=c1ssc(/N=c2/nc(/C(C#N)=C(/C)SC)ss2)c1C#N. The second kappa shape index (κ2) is 7.81. The van der Waals surface area contributed by atoms with E-state index < -0.39 is 0 Å². The zero-order chi connectivity index (χ0) is 16.1. The van der Waals surface area contributed by atoms with Gasteiger partial charge in [-0.05, 0) is 23.5 Å². The number of nitrogens with zero attached hydrogens (tertiary/aromatic N) is 5. The quantitative estimate of drug-likeness (QED) is 0.599. The smallest absolute Gasteiger partial charge is 0.221 e. The van der Waals surface area contributed by atoms with Gasteiger partial charge in [-0.1, -0.05) is 31.0 Å². The number of hydrogen-bond donors (Lipinski definition) is 0. The number of thioether (sulfide) groups is 1. The van der Waals surface area contributed by atoms with Gasteiger partial charge in [-0.25, -0.2) is 9.98 Å². The van der Waals surface area contributed by atoms with Gasteiger partial charge in [0, 0.05) is 12.0 Å². The van der Waals surface area contributed by atoms with E-state index in [9.17, 15) is 10.5 Å². The molecule has 0 fully saturated rings. The minimum Gasteiger partial charge on any atom is -0.276 e. The van der Waals surface area contributed by atoms with E-state index in [1.165, 1.54) is 53.1 Å². The molecule has 2 aromatic rings. The molecule has 2 rings (SSSR count). The molecule has 0 aliphatic carbocycles. The summed E-state index contributed by atoms with van der Waals surface area (Å²) in [7, 11) is 7.29. The largest absolute Gasteiger partial charge is 0.276 e. The van der Waals surface area contributed by atoms with Crippen molar-refractivity contribution < 1.29 is 0 Å². The fourth-order valence-electron chi connectivity index (χ4n) is 1.38. The molecule has 0 aromatic carbocycles. The van der Waals surface area contributed by atoms with Gasteiger partial charge in [0.25, 0.3) is 0 Å². The molecule has 10 heteroatoms. The van der Waals surface area contributed by atoms with E-state index in [1.54, 1.807) is 7.05 Å². The van der Waals surface area contributed by atoms with E-state index in [1.807, 2.05) is 13.2 Å². The van der Waals surface area contributed by atoms with Crippen LogP contribution in [0.25, 0.3) is 5.57 Å². The Balaban J connectivity index is 2.52. The monoisotopic (exact) mass is 383 g/mol. The lowest BCUT2D eigenvalue weighted by molar-refractivity contribution is 1.22. The maximum absolute atomic E-state index is 9.27. The minimum absolute atomic E-state index is 0.482. The van der Waals surface area contributed by atoms with Crippen LogP contribution in [-0.2, 0) is 0 Å². The first-order valence-electron chi connectivity index (χ1n) is 5.77. The second-order valence-electron chi connectivity index (χ2n) is 3.71. The maximum Gasteiger partial charge on any atom is 0.221 e. The van der Waals surface area contributed by atoms with E-state index in [4.69, 9.17) is 0 Å². The average Bonchev–Trinajstić information content (AvgIpc) is 3.14. The van der Waals surface area contributed by atoms with Crippen LogP contribution in [0.15, 0.2) is 14.9 Å². The number of nitriles is 2. The number of aromatic nitrogens is 1. The van der Waals surface area contributed by atoms with Gasteiger partial charge in [0.1, 0.15) is 32.4 Å². The minimum atomic E-state index is 0.482. The lowest BCUT2D eigenvalue weighted by Crippen LogP contribution is -2.00. The van der Waals surface area contributed by atoms with E-state index in [0.29, 0.717) is 30.6 Å². The average molecular weight is 384 g/mol. The van der Waals surface area contributed by atoms with Gasteiger partial charge in [-0.3, -0.25) is 4.99 Å². The molecule has 112 valence electrons. The maximum atomic E-state index is 9.27. The summed E-state index contributed by atoms with van der Waals surface area (Å²) in [6.07, 6.45) is 1.93. The van der Waals surface area contributed by atoms with Crippen LogP contribution in [0.3, 0.4) is 0 Å². The molecule has 0 aliphatic rings. The van der Waals surface area contributed by atoms with E-state index in [-0.39, 0.29) is 0 Å². The Labute approximate surface area is 146 Å². The fourth-order valence-corrected chi connectivity index (χ4v) is 5.95. The summed E-state index contributed by atoms with van der Waals surface area (Å²) in [5, 5.41) is 19.8. The summed E-state index contributed by atoms with van der Waals surface area (Å²) >= 11 is 1.52. The summed E-state index contributed by atoms with van der Waals surface area (Å²) in [5.41, 5.74) is 1.06. The van der Waals surface area contributed by atoms with Crippen molar-refractivity contribution in [1.29, 1.82) is 10.5 Å². The van der Waals surface area contributed by atoms with Crippen LogP contribution in [0.5, 0.6) is 0 Å². The van der Waals surface area contributed by atoms with Crippen LogP contribution in [0, 0.1) is 22.7 Å². The topological polar surface area (TPSA) is 85.2 Å². The first kappa shape index (κ1) is 17.1. The molecule has 22 heavy (non-hydrogen) atoms. The van der Waals surface area contributed by atoms with Crippen molar-refractivity contribution in [3.8, 4) is 12.1 Å². The zero-order valence-corrected chi connectivity index (χ0v) is 15.9. The normalized spacial score (nSPS) is 13.7. The van der Waals surface area contributed by atoms with E-state index in [2.05, 4.69) is 27.1 Å². The molecule has 0 spiro atoms. The predicted octanol–water partition coefficient (Wildman–Crippen LogP) is 3.58. The van der Waals surface area contributed by atoms with Crippen molar-refractivity contribution in [3.63, 3.8) is 0 Å². The van der Waals surface area contributed by atoms with E-state index in [0.717, 1.165) is 4.91 Å². The lowest BCUT2D eigenvalue weighted by atomic mass is 10.3. The highest BCUT2D eigenvalue weighted by Gasteiger charge is 2.11. The van der Waals surface area contributed by atoms with E-state index >= 15 is 0 Å². The van der Waals surface area contributed by atoms with Gasteiger partial charge in [-0.2, -0.15) is 10.5 Å². The molecule has 0 N–H and O–H groups in total.